The van der Waals surface area contributed by atoms with Crippen molar-refractivity contribution in [3.63, 3.8) is 0 Å². The number of hydrogen-bond donors (Lipinski definition) is 1. The quantitative estimate of drug-likeness (QED) is 0.802. The number of aryl methyl sites for hydroxylation is 2. The monoisotopic (exact) mass is 291 g/mol. The third kappa shape index (κ3) is 4.82. The molecule has 0 radical (unpaired) electrons. The van der Waals surface area contributed by atoms with Gasteiger partial charge in [-0.2, -0.15) is 11.8 Å². The fraction of sp³-hybridized carbons (Fsp3) is 0.667. The molecular weight excluding hydrogens is 262 g/mol. The van der Waals surface area contributed by atoms with Crippen molar-refractivity contribution < 1.29 is 0 Å². The van der Waals surface area contributed by atoms with Crippen molar-refractivity contribution in [2.24, 2.45) is 5.92 Å². The third-order valence-corrected chi connectivity index (χ3v) is 5.25. The summed E-state index contributed by atoms with van der Waals surface area (Å²) in [6.45, 7) is 7.80. The van der Waals surface area contributed by atoms with Gasteiger partial charge in [-0.15, -0.1) is 0 Å². The fourth-order valence-corrected chi connectivity index (χ4v) is 4.39. The van der Waals surface area contributed by atoms with E-state index in [1.165, 1.54) is 53.9 Å². The maximum absolute atomic E-state index is 3.78. The van der Waals surface area contributed by atoms with Gasteiger partial charge in [-0.3, -0.25) is 0 Å². The minimum absolute atomic E-state index is 0.543. The van der Waals surface area contributed by atoms with Crippen LogP contribution in [0, 0.1) is 19.8 Å². The molecule has 2 rings (SSSR count). The van der Waals surface area contributed by atoms with E-state index in [1.54, 1.807) is 0 Å². The predicted octanol–water partition coefficient (Wildman–Crippen LogP) is 4.88. The van der Waals surface area contributed by atoms with Gasteiger partial charge in [0.25, 0.3) is 0 Å². The Labute approximate surface area is 128 Å². The first kappa shape index (κ1) is 15.9. The Morgan fingerprint density at radius 2 is 1.80 bits per heavy atom. The Morgan fingerprint density at radius 3 is 2.40 bits per heavy atom. The van der Waals surface area contributed by atoms with Crippen LogP contribution in [0.4, 0.5) is 0 Å². The van der Waals surface area contributed by atoms with Gasteiger partial charge in [0, 0.05) is 6.04 Å². The van der Waals surface area contributed by atoms with Crippen LogP contribution in [0.3, 0.4) is 0 Å². The molecule has 1 atom stereocenters. The number of thioether (sulfide) groups is 1. The smallest absolute Gasteiger partial charge is 0.0323 e. The van der Waals surface area contributed by atoms with Gasteiger partial charge < -0.3 is 5.32 Å². The highest BCUT2D eigenvalue weighted by molar-refractivity contribution is 7.99. The first-order chi connectivity index (χ1) is 9.69. The summed E-state index contributed by atoms with van der Waals surface area (Å²) < 4.78 is 0. The lowest BCUT2D eigenvalue weighted by Crippen LogP contribution is -2.26. The van der Waals surface area contributed by atoms with Crippen LogP contribution < -0.4 is 5.32 Å². The number of rotatable bonds is 6. The second-order valence-corrected chi connectivity index (χ2v) is 7.44. The lowest BCUT2D eigenvalue weighted by molar-refractivity contribution is 0.370. The van der Waals surface area contributed by atoms with Crippen molar-refractivity contribution in [2.45, 2.75) is 52.5 Å². The molecule has 0 aliphatic carbocycles. The predicted molar refractivity (Wildman–Crippen MR) is 91.6 cm³/mol. The van der Waals surface area contributed by atoms with Gasteiger partial charge in [-0.25, -0.2) is 0 Å². The van der Waals surface area contributed by atoms with Gasteiger partial charge in [0.1, 0.15) is 0 Å². The molecule has 1 fully saturated rings. The van der Waals surface area contributed by atoms with Crippen molar-refractivity contribution in [2.75, 3.05) is 18.1 Å². The third-order valence-electron chi connectivity index (χ3n) is 4.20. The number of nitrogens with one attached hydrogen (secondary N) is 1. The molecule has 1 heterocycles. The van der Waals surface area contributed by atoms with Gasteiger partial charge in [0.05, 0.1) is 0 Å². The zero-order valence-electron chi connectivity index (χ0n) is 13.2. The van der Waals surface area contributed by atoms with Gasteiger partial charge >= 0.3 is 0 Å². The van der Waals surface area contributed by atoms with Crippen LogP contribution in [-0.2, 0) is 0 Å². The molecular formula is C18H29NS. The maximum Gasteiger partial charge on any atom is 0.0323 e. The summed E-state index contributed by atoms with van der Waals surface area (Å²) in [5.74, 6) is 3.63. The lowest BCUT2D eigenvalue weighted by atomic mass is 9.89. The summed E-state index contributed by atoms with van der Waals surface area (Å²) in [7, 11) is 0. The second-order valence-electron chi connectivity index (χ2n) is 6.22. The molecule has 1 aliphatic heterocycles. The molecule has 1 saturated heterocycles. The van der Waals surface area contributed by atoms with Gasteiger partial charge in [0.15, 0.2) is 0 Å². The van der Waals surface area contributed by atoms with Crippen LogP contribution >= 0.6 is 11.8 Å². The molecule has 0 amide bonds. The average molecular weight is 292 g/mol. The Balaban J connectivity index is 2.08. The summed E-state index contributed by atoms with van der Waals surface area (Å²) in [5, 5.41) is 3.78. The number of benzene rings is 1. The fourth-order valence-electron chi connectivity index (χ4n) is 3.18. The average Bonchev–Trinajstić information content (AvgIpc) is 2.43. The molecule has 1 unspecified atom stereocenters. The van der Waals surface area contributed by atoms with E-state index in [4.69, 9.17) is 0 Å². The van der Waals surface area contributed by atoms with Crippen LogP contribution in [-0.4, -0.2) is 18.1 Å². The first-order valence-electron chi connectivity index (χ1n) is 8.08. The van der Waals surface area contributed by atoms with Crippen LogP contribution in [0.1, 0.15) is 55.3 Å². The van der Waals surface area contributed by atoms with Crippen LogP contribution in [0.2, 0.25) is 0 Å². The highest BCUT2D eigenvalue weighted by atomic mass is 32.2. The summed E-state index contributed by atoms with van der Waals surface area (Å²) in [5.41, 5.74) is 4.28. The maximum atomic E-state index is 3.78. The molecule has 1 aromatic carbocycles. The Morgan fingerprint density at radius 1 is 1.15 bits per heavy atom. The molecule has 1 aliphatic rings. The highest BCUT2D eigenvalue weighted by Gasteiger charge is 2.20. The molecule has 20 heavy (non-hydrogen) atoms. The topological polar surface area (TPSA) is 12.0 Å². The minimum atomic E-state index is 0.543. The highest BCUT2D eigenvalue weighted by Crippen LogP contribution is 2.31. The molecule has 1 aromatic rings. The van der Waals surface area contributed by atoms with Gasteiger partial charge in [0.2, 0.25) is 0 Å². The Kier molecular flexibility index (Phi) is 6.44. The van der Waals surface area contributed by atoms with E-state index in [0.29, 0.717) is 6.04 Å². The van der Waals surface area contributed by atoms with E-state index in [1.807, 2.05) is 0 Å². The van der Waals surface area contributed by atoms with E-state index < -0.39 is 0 Å². The second kappa shape index (κ2) is 8.09. The molecule has 112 valence electrons. The van der Waals surface area contributed by atoms with Crippen LogP contribution in [0.25, 0.3) is 0 Å². The first-order valence-corrected chi connectivity index (χ1v) is 9.24. The van der Waals surface area contributed by atoms with E-state index in [9.17, 15) is 0 Å². The van der Waals surface area contributed by atoms with Crippen molar-refractivity contribution >= 4 is 11.8 Å². The molecule has 1 nitrogen and oxygen atoms in total. The van der Waals surface area contributed by atoms with Gasteiger partial charge in [-0.1, -0.05) is 36.2 Å². The van der Waals surface area contributed by atoms with E-state index in [0.717, 1.165) is 12.5 Å². The van der Waals surface area contributed by atoms with Crippen LogP contribution in [0.15, 0.2) is 18.2 Å². The molecule has 0 spiro atoms. The summed E-state index contributed by atoms with van der Waals surface area (Å²) in [6, 6.07) is 7.56. The minimum Gasteiger partial charge on any atom is -0.310 e. The molecule has 2 heteroatoms. The SMILES string of the molecule is CCCNC(CC1CCSCC1)c1cc(C)cc(C)c1. The lowest BCUT2D eigenvalue weighted by Gasteiger charge is -2.28. The molecule has 0 bridgehead atoms. The zero-order chi connectivity index (χ0) is 14.4. The zero-order valence-corrected chi connectivity index (χ0v) is 14.1. The normalized spacial score (nSPS) is 18.1. The van der Waals surface area contributed by atoms with Crippen molar-refractivity contribution in [1.29, 1.82) is 0 Å². The van der Waals surface area contributed by atoms with Crippen molar-refractivity contribution in [3.05, 3.63) is 34.9 Å². The summed E-state index contributed by atoms with van der Waals surface area (Å²) in [6.07, 6.45) is 5.32. The van der Waals surface area contributed by atoms with E-state index in [-0.39, 0.29) is 0 Å². The van der Waals surface area contributed by atoms with E-state index in [2.05, 4.69) is 56.0 Å². The summed E-state index contributed by atoms with van der Waals surface area (Å²) in [4.78, 5) is 0. The molecule has 0 saturated carbocycles. The van der Waals surface area contributed by atoms with Crippen molar-refractivity contribution in [3.8, 4) is 0 Å². The van der Waals surface area contributed by atoms with Gasteiger partial charge in [-0.05, 0) is 69.1 Å². The standard InChI is InChI=1S/C18H29NS/c1-4-7-19-18(13-16-5-8-20-9-6-16)17-11-14(2)10-15(3)12-17/h10-12,16,18-19H,4-9,13H2,1-3H3. The van der Waals surface area contributed by atoms with Crippen LogP contribution in [0.5, 0.6) is 0 Å². The largest absolute Gasteiger partial charge is 0.310 e. The van der Waals surface area contributed by atoms with Crippen molar-refractivity contribution in [1.82, 2.24) is 5.32 Å². The summed E-state index contributed by atoms with van der Waals surface area (Å²) >= 11 is 2.12. The molecule has 1 N–H and O–H groups in total. The van der Waals surface area contributed by atoms with E-state index >= 15 is 0 Å². The number of hydrogen-bond acceptors (Lipinski definition) is 2. The Hall–Kier alpha value is -0.470. The molecule has 0 aromatic heterocycles. The Bertz CT molecular complexity index is 390.